The van der Waals surface area contributed by atoms with Gasteiger partial charge in [0.25, 0.3) is 0 Å². The highest BCUT2D eigenvalue weighted by atomic mass is 19.4. The highest BCUT2D eigenvalue weighted by molar-refractivity contribution is 5.81. The molecule has 2 aliphatic rings. The van der Waals surface area contributed by atoms with Gasteiger partial charge in [-0.1, -0.05) is 24.6 Å². The van der Waals surface area contributed by atoms with Crippen molar-refractivity contribution in [2.24, 2.45) is 0 Å². The average molecular weight is 370 g/mol. The van der Waals surface area contributed by atoms with Crippen LogP contribution in [0.4, 0.5) is 13.2 Å². The third kappa shape index (κ3) is 4.38. The molecule has 0 saturated carbocycles. The van der Waals surface area contributed by atoms with Gasteiger partial charge in [-0.15, -0.1) is 0 Å². The van der Waals surface area contributed by atoms with Crippen molar-refractivity contribution >= 4 is 5.91 Å². The van der Waals surface area contributed by atoms with Gasteiger partial charge in [0.2, 0.25) is 5.91 Å². The molecule has 26 heavy (non-hydrogen) atoms. The lowest BCUT2D eigenvalue weighted by Crippen LogP contribution is -2.51. The summed E-state index contributed by atoms with van der Waals surface area (Å²) < 4.78 is 44.8. The van der Waals surface area contributed by atoms with Gasteiger partial charge in [-0.25, -0.2) is 0 Å². The van der Waals surface area contributed by atoms with Crippen molar-refractivity contribution in [3.05, 3.63) is 35.4 Å². The van der Waals surface area contributed by atoms with Gasteiger partial charge in [-0.05, 0) is 43.9 Å². The first kappa shape index (κ1) is 19.2. The minimum Gasteiger partial charge on any atom is -0.381 e. The van der Waals surface area contributed by atoms with E-state index in [1.165, 1.54) is 12.1 Å². The number of hydrogen-bond acceptors (Lipinski definition) is 3. The Morgan fingerprint density at radius 1 is 1.27 bits per heavy atom. The largest absolute Gasteiger partial charge is 0.416 e. The monoisotopic (exact) mass is 370 g/mol. The van der Waals surface area contributed by atoms with Crippen molar-refractivity contribution in [2.75, 3.05) is 26.3 Å². The highest BCUT2D eigenvalue weighted by Gasteiger charge is 2.38. The summed E-state index contributed by atoms with van der Waals surface area (Å²) in [4.78, 5) is 12.5. The Morgan fingerprint density at radius 3 is 2.69 bits per heavy atom. The summed E-state index contributed by atoms with van der Waals surface area (Å²) >= 11 is 0. The maximum Gasteiger partial charge on any atom is 0.416 e. The van der Waals surface area contributed by atoms with Gasteiger partial charge in [-0.2, -0.15) is 13.2 Å². The Morgan fingerprint density at radius 2 is 2.04 bits per heavy atom. The summed E-state index contributed by atoms with van der Waals surface area (Å²) in [6.45, 7) is 2.11. The van der Waals surface area contributed by atoms with E-state index in [4.69, 9.17) is 4.74 Å². The second kappa shape index (κ2) is 7.96. The number of rotatable bonds is 4. The van der Waals surface area contributed by atoms with Crippen LogP contribution in [-0.2, 0) is 21.1 Å². The van der Waals surface area contributed by atoms with E-state index in [-0.39, 0.29) is 11.9 Å². The number of amides is 1. The van der Waals surface area contributed by atoms with Crippen LogP contribution in [0.1, 0.15) is 43.2 Å². The van der Waals surface area contributed by atoms with Crippen LogP contribution < -0.4 is 10.6 Å². The van der Waals surface area contributed by atoms with Gasteiger partial charge in [0.1, 0.15) is 0 Å². The molecule has 0 bridgehead atoms. The van der Waals surface area contributed by atoms with Crippen LogP contribution in [-0.4, -0.2) is 38.3 Å². The summed E-state index contributed by atoms with van der Waals surface area (Å²) in [5, 5.41) is 6.18. The molecule has 1 atom stereocenters. The fourth-order valence-electron chi connectivity index (χ4n) is 3.81. The lowest BCUT2D eigenvalue weighted by atomic mass is 9.73. The molecule has 0 spiro atoms. The van der Waals surface area contributed by atoms with E-state index in [1.807, 2.05) is 0 Å². The quantitative estimate of drug-likeness (QED) is 0.857. The fourth-order valence-corrected chi connectivity index (χ4v) is 3.81. The molecule has 1 unspecified atom stereocenters. The molecule has 4 nitrogen and oxygen atoms in total. The number of carbonyl (C=O) groups is 1. The number of alkyl halides is 3. The van der Waals surface area contributed by atoms with E-state index in [0.29, 0.717) is 38.2 Å². The number of benzene rings is 1. The van der Waals surface area contributed by atoms with Crippen LogP contribution in [0.3, 0.4) is 0 Å². The van der Waals surface area contributed by atoms with Crippen LogP contribution >= 0.6 is 0 Å². The molecule has 1 amide bonds. The van der Waals surface area contributed by atoms with Crippen LogP contribution in [0.5, 0.6) is 0 Å². The van der Waals surface area contributed by atoms with Gasteiger partial charge in [0, 0.05) is 25.2 Å². The summed E-state index contributed by atoms with van der Waals surface area (Å²) in [6, 6.07) is 5.27. The first-order valence-electron chi connectivity index (χ1n) is 9.17. The van der Waals surface area contributed by atoms with Crippen molar-refractivity contribution < 1.29 is 22.7 Å². The van der Waals surface area contributed by atoms with Crippen molar-refractivity contribution in [2.45, 2.75) is 49.7 Å². The molecule has 0 aliphatic carbocycles. The van der Waals surface area contributed by atoms with E-state index in [2.05, 4.69) is 10.6 Å². The normalized spacial score (nSPS) is 23.4. The minimum absolute atomic E-state index is 0.0671. The molecule has 2 heterocycles. The van der Waals surface area contributed by atoms with Gasteiger partial charge in [-0.3, -0.25) is 4.79 Å². The summed E-state index contributed by atoms with van der Waals surface area (Å²) in [5.74, 6) is -0.0671. The van der Waals surface area contributed by atoms with E-state index in [9.17, 15) is 18.0 Å². The summed E-state index contributed by atoms with van der Waals surface area (Å²) in [7, 11) is 0. The molecule has 2 fully saturated rings. The maximum atomic E-state index is 13.1. The molecule has 1 aromatic carbocycles. The predicted molar refractivity (Wildman–Crippen MR) is 91.8 cm³/mol. The number of hydrogen-bond donors (Lipinski definition) is 2. The van der Waals surface area contributed by atoms with Crippen LogP contribution in [0.15, 0.2) is 24.3 Å². The summed E-state index contributed by atoms with van der Waals surface area (Å²) in [6.07, 6.45) is -0.324. The van der Waals surface area contributed by atoms with E-state index in [0.717, 1.165) is 31.9 Å². The Kier molecular flexibility index (Phi) is 5.87. The van der Waals surface area contributed by atoms with Gasteiger partial charge < -0.3 is 15.4 Å². The predicted octanol–water partition coefficient (Wildman–Crippen LogP) is 3.01. The number of ether oxygens (including phenoxy) is 1. The first-order valence-corrected chi connectivity index (χ1v) is 9.17. The standard InChI is InChI=1S/C19H25F3N2O2/c20-19(21,22)15-5-3-4-14(12-15)18(7-10-26-11-8-18)13-24-17(25)16-6-1-2-9-23-16/h3-5,12,16,23H,1-2,6-11,13H2,(H,24,25). The SMILES string of the molecule is O=C(NCC1(c2cccc(C(F)(F)F)c2)CCOCC1)C1CCCCN1. The van der Waals surface area contributed by atoms with E-state index in [1.54, 1.807) is 6.07 Å². The number of halogens is 3. The molecule has 144 valence electrons. The molecule has 7 heteroatoms. The molecular weight excluding hydrogens is 345 g/mol. The fraction of sp³-hybridized carbons (Fsp3) is 0.632. The van der Waals surface area contributed by atoms with Crippen LogP contribution in [0, 0.1) is 0 Å². The molecule has 1 aromatic rings. The molecular formula is C19H25F3N2O2. The smallest absolute Gasteiger partial charge is 0.381 e. The van der Waals surface area contributed by atoms with Gasteiger partial charge in [0.15, 0.2) is 0 Å². The zero-order valence-corrected chi connectivity index (χ0v) is 14.7. The van der Waals surface area contributed by atoms with Crippen molar-refractivity contribution in [3.8, 4) is 0 Å². The molecule has 2 N–H and O–H groups in total. The highest BCUT2D eigenvalue weighted by Crippen LogP contribution is 2.37. The third-order valence-corrected chi connectivity index (χ3v) is 5.48. The molecule has 2 saturated heterocycles. The zero-order valence-electron chi connectivity index (χ0n) is 14.7. The Balaban J connectivity index is 1.77. The lowest BCUT2D eigenvalue weighted by Gasteiger charge is -2.38. The van der Waals surface area contributed by atoms with Gasteiger partial charge >= 0.3 is 6.18 Å². The minimum atomic E-state index is -4.38. The zero-order chi connectivity index (χ0) is 18.6. The van der Waals surface area contributed by atoms with Crippen molar-refractivity contribution in [3.63, 3.8) is 0 Å². The molecule has 2 aliphatic heterocycles. The summed E-state index contributed by atoms with van der Waals surface area (Å²) in [5.41, 5.74) is -0.558. The van der Waals surface area contributed by atoms with Gasteiger partial charge in [0.05, 0.1) is 11.6 Å². The Labute approximate surface area is 151 Å². The Hall–Kier alpha value is -1.60. The lowest BCUT2D eigenvalue weighted by molar-refractivity contribution is -0.137. The number of nitrogens with one attached hydrogen (secondary N) is 2. The molecule has 0 radical (unpaired) electrons. The van der Waals surface area contributed by atoms with Crippen molar-refractivity contribution in [1.29, 1.82) is 0 Å². The number of piperidine rings is 1. The van der Waals surface area contributed by atoms with Crippen LogP contribution in [0.2, 0.25) is 0 Å². The second-order valence-electron chi connectivity index (χ2n) is 7.19. The average Bonchev–Trinajstić information content (AvgIpc) is 2.67. The van der Waals surface area contributed by atoms with Crippen LogP contribution in [0.25, 0.3) is 0 Å². The van der Waals surface area contributed by atoms with E-state index < -0.39 is 17.2 Å². The van der Waals surface area contributed by atoms with E-state index >= 15 is 0 Å². The first-order chi connectivity index (χ1) is 12.4. The third-order valence-electron chi connectivity index (χ3n) is 5.48. The molecule has 3 rings (SSSR count). The molecule has 0 aromatic heterocycles. The Bertz CT molecular complexity index is 621. The topological polar surface area (TPSA) is 50.4 Å². The maximum absolute atomic E-state index is 13.1. The van der Waals surface area contributed by atoms with Crippen molar-refractivity contribution in [1.82, 2.24) is 10.6 Å². The second-order valence-corrected chi connectivity index (χ2v) is 7.19. The number of carbonyl (C=O) groups excluding carboxylic acids is 1.